The van der Waals surface area contributed by atoms with E-state index in [1.165, 1.54) is 18.2 Å². The molecule has 158 valence electrons. The summed E-state index contributed by atoms with van der Waals surface area (Å²) in [7, 11) is -4.06. The molecule has 30 heavy (non-hydrogen) atoms. The van der Waals surface area contributed by atoms with Crippen molar-refractivity contribution in [1.29, 1.82) is 0 Å². The van der Waals surface area contributed by atoms with Gasteiger partial charge in [0.1, 0.15) is 0 Å². The van der Waals surface area contributed by atoms with Crippen molar-refractivity contribution in [2.24, 2.45) is 0 Å². The number of hydrogen-bond donors (Lipinski definition) is 2. The maximum absolute atomic E-state index is 14.2. The molecule has 0 fully saturated rings. The van der Waals surface area contributed by atoms with Gasteiger partial charge in [-0.1, -0.05) is 0 Å². The first-order valence-corrected chi connectivity index (χ1v) is 10.4. The second kappa shape index (κ2) is 9.35. The molecule has 0 aliphatic heterocycles. The summed E-state index contributed by atoms with van der Waals surface area (Å²) in [5, 5.41) is 12.7. The van der Waals surface area contributed by atoms with E-state index in [9.17, 15) is 17.6 Å². The van der Waals surface area contributed by atoms with Crippen molar-refractivity contribution in [2.75, 3.05) is 11.3 Å². The Balaban J connectivity index is 1.64. The van der Waals surface area contributed by atoms with E-state index < -0.39 is 21.8 Å². The Labute approximate surface area is 172 Å². The Kier molecular flexibility index (Phi) is 6.62. The summed E-state index contributed by atoms with van der Waals surface area (Å²) < 4.78 is 48.3. The largest absolute Gasteiger partial charge is 0.491 e. The zero-order chi connectivity index (χ0) is 21.6. The molecule has 1 aromatic carbocycles. The van der Waals surface area contributed by atoms with Crippen molar-refractivity contribution in [3.05, 3.63) is 66.4 Å². The predicted molar refractivity (Wildman–Crippen MR) is 105 cm³/mol. The van der Waals surface area contributed by atoms with Gasteiger partial charge >= 0.3 is 5.97 Å². The number of sulfonamides is 1. The van der Waals surface area contributed by atoms with Crippen LogP contribution in [0.5, 0.6) is 5.75 Å². The number of aromatic nitrogens is 3. The standard InChI is InChI=1S/C19H19FN4O5S/c20-16-12-15(3-4-17(16)29-11-1-2-19(25)26)30(27,28)23-18-7-10-24(22-18)13-14-5-8-21-9-6-14/h3-10,12H,1-2,11,13H2,(H,22,23)(H,25,26). The highest BCUT2D eigenvalue weighted by Gasteiger charge is 2.18. The highest BCUT2D eigenvalue weighted by molar-refractivity contribution is 7.92. The van der Waals surface area contributed by atoms with Gasteiger partial charge in [0, 0.05) is 31.1 Å². The molecule has 2 heterocycles. The second-order valence-electron chi connectivity index (χ2n) is 6.30. The van der Waals surface area contributed by atoms with E-state index in [4.69, 9.17) is 9.84 Å². The molecule has 0 saturated heterocycles. The lowest BCUT2D eigenvalue weighted by Crippen LogP contribution is -2.14. The van der Waals surface area contributed by atoms with Gasteiger partial charge < -0.3 is 9.84 Å². The first-order valence-electron chi connectivity index (χ1n) is 8.93. The fourth-order valence-corrected chi connectivity index (χ4v) is 3.56. The van der Waals surface area contributed by atoms with Gasteiger partial charge in [0.15, 0.2) is 17.4 Å². The number of nitrogens with zero attached hydrogens (tertiary/aromatic N) is 3. The fraction of sp³-hybridized carbons (Fsp3) is 0.211. The summed E-state index contributed by atoms with van der Waals surface area (Å²) >= 11 is 0. The van der Waals surface area contributed by atoms with E-state index in [-0.39, 0.29) is 35.9 Å². The number of halogens is 1. The van der Waals surface area contributed by atoms with E-state index in [1.807, 2.05) is 12.1 Å². The molecule has 0 aliphatic carbocycles. The van der Waals surface area contributed by atoms with Crippen LogP contribution in [0.1, 0.15) is 18.4 Å². The molecule has 0 radical (unpaired) electrons. The van der Waals surface area contributed by atoms with E-state index >= 15 is 0 Å². The van der Waals surface area contributed by atoms with Crippen LogP contribution in [-0.4, -0.2) is 40.9 Å². The summed E-state index contributed by atoms with van der Waals surface area (Å²) in [4.78, 5) is 14.1. The van der Waals surface area contributed by atoms with Crippen LogP contribution in [0, 0.1) is 5.82 Å². The molecule has 0 bridgehead atoms. The minimum absolute atomic E-state index is 0.00246. The minimum atomic E-state index is -4.06. The van der Waals surface area contributed by atoms with Gasteiger partial charge in [-0.2, -0.15) is 5.10 Å². The molecule has 0 saturated carbocycles. The number of carboxylic acids is 1. The molecule has 0 spiro atoms. The molecule has 2 N–H and O–H groups in total. The lowest BCUT2D eigenvalue weighted by atomic mass is 10.3. The number of rotatable bonds is 10. The van der Waals surface area contributed by atoms with Crippen LogP contribution in [0.3, 0.4) is 0 Å². The molecule has 3 aromatic rings. The van der Waals surface area contributed by atoms with Gasteiger partial charge in [0.05, 0.1) is 18.0 Å². The Bertz CT molecular complexity index is 1120. The zero-order valence-corrected chi connectivity index (χ0v) is 16.5. The fourth-order valence-electron chi connectivity index (χ4n) is 2.55. The maximum Gasteiger partial charge on any atom is 0.303 e. The van der Waals surface area contributed by atoms with E-state index in [2.05, 4.69) is 14.8 Å². The van der Waals surface area contributed by atoms with Crippen LogP contribution in [-0.2, 0) is 21.4 Å². The van der Waals surface area contributed by atoms with Crippen molar-refractivity contribution >= 4 is 21.8 Å². The number of benzene rings is 1. The molecule has 0 aliphatic rings. The summed E-state index contributed by atoms with van der Waals surface area (Å²) in [5.74, 6) is -1.90. The smallest absolute Gasteiger partial charge is 0.303 e. The third kappa shape index (κ3) is 5.77. The predicted octanol–water partition coefficient (Wildman–Crippen LogP) is 2.51. The highest BCUT2D eigenvalue weighted by Crippen LogP contribution is 2.23. The van der Waals surface area contributed by atoms with E-state index in [0.29, 0.717) is 6.54 Å². The van der Waals surface area contributed by atoms with Gasteiger partial charge in [-0.15, -0.1) is 0 Å². The molecular formula is C19H19FN4O5S. The SMILES string of the molecule is O=C(O)CCCOc1ccc(S(=O)(=O)Nc2ccn(Cc3ccncc3)n2)cc1F. The quantitative estimate of drug-likeness (QED) is 0.470. The number of hydrogen-bond acceptors (Lipinski definition) is 6. The van der Waals surface area contributed by atoms with Gasteiger partial charge in [0.25, 0.3) is 10.0 Å². The van der Waals surface area contributed by atoms with Crippen molar-refractivity contribution in [3.63, 3.8) is 0 Å². The average molecular weight is 434 g/mol. The van der Waals surface area contributed by atoms with Crippen molar-refractivity contribution in [3.8, 4) is 5.75 Å². The second-order valence-corrected chi connectivity index (χ2v) is 7.98. The Morgan fingerprint density at radius 1 is 1.20 bits per heavy atom. The van der Waals surface area contributed by atoms with E-state index in [0.717, 1.165) is 11.6 Å². The highest BCUT2D eigenvalue weighted by atomic mass is 32.2. The van der Waals surface area contributed by atoms with Gasteiger partial charge in [-0.05, 0) is 42.3 Å². The number of ether oxygens (including phenoxy) is 1. The molecule has 0 atom stereocenters. The van der Waals surface area contributed by atoms with Crippen LogP contribution in [0.4, 0.5) is 10.2 Å². The number of pyridine rings is 1. The van der Waals surface area contributed by atoms with Crippen LogP contribution in [0.25, 0.3) is 0 Å². The topological polar surface area (TPSA) is 123 Å². The molecule has 9 nitrogen and oxygen atoms in total. The summed E-state index contributed by atoms with van der Waals surface area (Å²) in [5.41, 5.74) is 0.948. The third-order valence-corrected chi connectivity index (χ3v) is 5.33. The van der Waals surface area contributed by atoms with Gasteiger partial charge in [0.2, 0.25) is 0 Å². The Hall–Kier alpha value is -3.47. The Morgan fingerprint density at radius 2 is 1.97 bits per heavy atom. The van der Waals surface area contributed by atoms with Crippen LogP contribution < -0.4 is 9.46 Å². The lowest BCUT2D eigenvalue weighted by Gasteiger charge is -2.09. The average Bonchev–Trinajstić information content (AvgIpc) is 3.12. The number of anilines is 1. The van der Waals surface area contributed by atoms with Crippen LogP contribution in [0.15, 0.2) is 59.9 Å². The van der Waals surface area contributed by atoms with Crippen LogP contribution >= 0.6 is 0 Å². The summed E-state index contributed by atoms with van der Waals surface area (Å²) in [6.45, 7) is 0.440. The van der Waals surface area contributed by atoms with Crippen molar-refractivity contribution < 1.29 is 27.4 Å². The summed E-state index contributed by atoms with van der Waals surface area (Å²) in [6, 6.07) is 8.36. The first-order chi connectivity index (χ1) is 14.3. The third-order valence-electron chi connectivity index (χ3n) is 3.98. The normalized spacial score (nSPS) is 11.2. The first kappa shape index (κ1) is 21.2. The number of carbonyl (C=O) groups is 1. The Morgan fingerprint density at radius 3 is 2.67 bits per heavy atom. The molecule has 2 aromatic heterocycles. The molecular weight excluding hydrogens is 415 g/mol. The van der Waals surface area contributed by atoms with E-state index in [1.54, 1.807) is 23.3 Å². The van der Waals surface area contributed by atoms with Gasteiger partial charge in [-0.3, -0.25) is 19.2 Å². The van der Waals surface area contributed by atoms with Crippen molar-refractivity contribution in [2.45, 2.75) is 24.3 Å². The monoisotopic (exact) mass is 434 g/mol. The molecule has 0 unspecified atom stereocenters. The molecule has 0 amide bonds. The minimum Gasteiger partial charge on any atom is -0.491 e. The molecule has 3 rings (SSSR count). The lowest BCUT2D eigenvalue weighted by molar-refractivity contribution is -0.137. The molecule has 11 heteroatoms. The number of nitrogens with one attached hydrogen (secondary N) is 1. The maximum atomic E-state index is 14.2. The van der Waals surface area contributed by atoms with Gasteiger partial charge in [-0.25, -0.2) is 12.8 Å². The van der Waals surface area contributed by atoms with Crippen LogP contribution in [0.2, 0.25) is 0 Å². The van der Waals surface area contributed by atoms with Crippen molar-refractivity contribution in [1.82, 2.24) is 14.8 Å². The number of aliphatic carboxylic acids is 1. The summed E-state index contributed by atoms with van der Waals surface area (Å²) in [6.07, 6.45) is 5.02. The zero-order valence-electron chi connectivity index (χ0n) is 15.7. The number of carboxylic acid groups (broad SMARTS) is 1.